The monoisotopic (exact) mass is 586 g/mol. The minimum absolute atomic E-state index is 0.0676. The number of carbonyl (C=O) groups excluding carboxylic acids is 2. The predicted octanol–water partition coefficient (Wildman–Crippen LogP) is 3.53. The molecule has 1 saturated heterocycles. The number of carbonyl (C=O) groups is 2. The summed E-state index contributed by atoms with van der Waals surface area (Å²) in [6.45, 7) is 7.99. The molecule has 1 aliphatic rings. The second-order valence-corrected chi connectivity index (χ2v) is 13.5. The molecule has 0 spiro atoms. The van der Waals surface area contributed by atoms with Crippen LogP contribution in [0.2, 0.25) is 0 Å². The molecule has 2 amide bonds. The van der Waals surface area contributed by atoms with Crippen LogP contribution in [0, 0.1) is 0 Å². The van der Waals surface area contributed by atoms with Crippen LogP contribution >= 0.6 is 0 Å². The molecule has 4 rings (SSSR count). The van der Waals surface area contributed by atoms with E-state index in [-0.39, 0.29) is 24.3 Å². The number of aromatic nitrogens is 3. The molecular formula is C28H38N6O6S. The van der Waals surface area contributed by atoms with Gasteiger partial charge in [0.15, 0.2) is 0 Å². The van der Waals surface area contributed by atoms with Crippen LogP contribution in [0.25, 0.3) is 22.4 Å². The lowest BCUT2D eigenvalue weighted by molar-refractivity contribution is -0.127. The van der Waals surface area contributed by atoms with E-state index in [9.17, 15) is 18.0 Å². The van der Waals surface area contributed by atoms with Gasteiger partial charge in [0.05, 0.1) is 47.4 Å². The highest BCUT2D eigenvalue weighted by molar-refractivity contribution is 7.88. The second-order valence-electron chi connectivity index (χ2n) is 11.4. The molecule has 0 radical (unpaired) electrons. The molecule has 1 fully saturated rings. The molecule has 0 unspecified atom stereocenters. The number of aromatic amines is 1. The molecule has 1 atom stereocenters. The number of sulfonamides is 1. The lowest BCUT2D eigenvalue weighted by Crippen LogP contribution is -2.49. The highest BCUT2D eigenvalue weighted by Crippen LogP contribution is 2.28. The molecule has 4 heterocycles. The van der Waals surface area contributed by atoms with Crippen molar-refractivity contribution < 1.29 is 27.5 Å². The number of rotatable bonds is 8. The van der Waals surface area contributed by atoms with E-state index in [1.165, 1.54) is 23.3 Å². The van der Waals surface area contributed by atoms with Crippen LogP contribution in [0.15, 0.2) is 30.3 Å². The van der Waals surface area contributed by atoms with Gasteiger partial charge < -0.3 is 19.4 Å². The van der Waals surface area contributed by atoms with Crippen molar-refractivity contribution in [3.8, 4) is 11.4 Å². The molecule has 3 aromatic rings. The van der Waals surface area contributed by atoms with Gasteiger partial charge in [0.25, 0.3) is 5.91 Å². The number of amides is 2. The van der Waals surface area contributed by atoms with E-state index in [1.54, 1.807) is 30.1 Å². The average molecular weight is 587 g/mol. The predicted molar refractivity (Wildman–Crippen MR) is 156 cm³/mol. The zero-order chi connectivity index (χ0) is 30.1. The molecular weight excluding hydrogens is 548 g/mol. The third kappa shape index (κ3) is 7.21. The molecule has 12 nitrogen and oxygen atoms in total. The fraction of sp³-hybridized carbons (Fsp3) is 0.500. The molecule has 0 saturated carbocycles. The summed E-state index contributed by atoms with van der Waals surface area (Å²) in [6.07, 6.45) is 0.214. The number of morpholine rings is 1. The standard InChI is InChI=1S/C28H38N6O6S/c1-8-20-15-39-16-26(35)34(20)25-12-18(17-41(37,38)32(5)6)11-23(31-25)22-10-9-21-24(30-22)13-19(29-21)14-33(7)27(36)40-28(2,3)4/h9-13,20,29H,8,14-17H2,1-7H3/t20-/m0/s1. The minimum atomic E-state index is -3.58. The van der Waals surface area contributed by atoms with Crippen molar-refractivity contribution in [1.29, 1.82) is 0 Å². The van der Waals surface area contributed by atoms with Gasteiger partial charge >= 0.3 is 6.09 Å². The Labute approximate surface area is 240 Å². The maximum absolute atomic E-state index is 12.9. The number of pyridine rings is 2. The lowest BCUT2D eigenvalue weighted by atomic mass is 10.1. The zero-order valence-electron chi connectivity index (χ0n) is 24.6. The number of ether oxygens (including phenoxy) is 2. The van der Waals surface area contributed by atoms with Gasteiger partial charge in [0, 0.05) is 26.8 Å². The van der Waals surface area contributed by atoms with Crippen molar-refractivity contribution in [1.82, 2.24) is 24.2 Å². The van der Waals surface area contributed by atoms with E-state index < -0.39 is 21.7 Å². The second kappa shape index (κ2) is 11.7. The molecule has 13 heteroatoms. The summed E-state index contributed by atoms with van der Waals surface area (Å²) in [6, 6.07) is 8.61. The van der Waals surface area contributed by atoms with Gasteiger partial charge in [-0.2, -0.15) is 0 Å². The number of nitrogens with zero attached hydrogens (tertiary/aromatic N) is 5. The molecule has 0 aliphatic carbocycles. The van der Waals surface area contributed by atoms with Gasteiger partial charge in [-0.1, -0.05) is 6.92 Å². The van der Waals surface area contributed by atoms with Crippen LogP contribution in [0.4, 0.5) is 10.6 Å². The molecule has 1 N–H and O–H groups in total. The first kappa shape index (κ1) is 30.4. The molecule has 0 bridgehead atoms. The Morgan fingerprint density at radius 2 is 1.88 bits per heavy atom. The Hall–Kier alpha value is -3.55. The Morgan fingerprint density at radius 1 is 1.15 bits per heavy atom. The SMILES string of the molecule is CC[C@H]1COCC(=O)N1c1cc(CS(=O)(=O)N(C)C)cc(-c2ccc3[nH]c(CN(C)C(=O)OC(C)(C)C)cc3n2)n1. The third-order valence-corrected chi connectivity index (χ3v) is 8.38. The van der Waals surface area contributed by atoms with Gasteiger partial charge in [-0.3, -0.25) is 9.69 Å². The number of nitrogens with one attached hydrogen (secondary N) is 1. The van der Waals surface area contributed by atoms with Crippen molar-refractivity contribution >= 4 is 38.9 Å². The molecule has 222 valence electrons. The Balaban J connectivity index is 1.71. The van der Waals surface area contributed by atoms with Crippen LogP contribution in [0.5, 0.6) is 0 Å². The van der Waals surface area contributed by atoms with Crippen LogP contribution < -0.4 is 4.90 Å². The number of anilines is 1. The Kier molecular flexibility index (Phi) is 8.71. The quantitative estimate of drug-likeness (QED) is 0.423. The minimum Gasteiger partial charge on any atom is -0.444 e. The number of hydrogen-bond acceptors (Lipinski definition) is 8. The summed E-state index contributed by atoms with van der Waals surface area (Å²) < 4.78 is 37.6. The molecule has 41 heavy (non-hydrogen) atoms. The Morgan fingerprint density at radius 3 is 2.54 bits per heavy atom. The summed E-state index contributed by atoms with van der Waals surface area (Å²) in [4.78, 5) is 41.2. The number of H-pyrrole nitrogens is 1. The number of hydrogen-bond donors (Lipinski definition) is 1. The first-order chi connectivity index (χ1) is 19.2. The fourth-order valence-electron chi connectivity index (χ4n) is 4.45. The summed E-state index contributed by atoms with van der Waals surface area (Å²) >= 11 is 0. The summed E-state index contributed by atoms with van der Waals surface area (Å²) in [7, 11) is 1.04. The van der Waals surface area contributed by atoms with Gasteiger partial charge in [0.2, 0.25) is 10.0 Å². The van der Waals surface area contributed by atoms with Crippen molar-refractivity contribution in [2.45, 2.75) is 58.1 Å². The van der Waals surface area contributed by atoms with E-state index in [2.05, 4.69) is 4.98 Å². The van der Waals surface area contributed by atoms with Crippen LogP contribution in [0.3, 0.4) is 0 Å². The van der Waals surface area contributed by atoms with E-state index in [0.717, 1.165) is 11.2 Å². The lowest BCUT2D eigenvalue weighted by Gasteiger charge is -2.34. The van der Waals surface area contributed by atoms with Gasteiger partial charge in [-0.15, -0.1) is 0 Å². The highest BCUT2D eigenvalue weighted by Gasteiger charge is 2.31. The van der Waals surface area contributed by atoms with Crippen LogP contribution in [0.1, 0.15) is 45.4 Å². The average Bonchev–Trinajstić information content (AvgIpc) is 3.28. The van der Waals surface area contributed by atoms with Gasteiger partial charge in [0.1, 0.15) is 18.0 Å². The third-order valence-electron chi connectivity index (χ3n) is 6.57. The maximum Gasteiger partial charge on any atom is 0.410 e. The van der Waals surface area contributed by atoms with Gasteiger partial charge in [-0.05, 0) is 63.1 Å². The zero-order valence-corrected chi connectivity index (χ0v) is 25.4. The maximum atomic E-state index is 12.9. The van der Waals surface area contributed by atoms with E-state index in [0.29, 0.717) is 47.9 Å². The molecule has 3 aromatic heterocycles. The van der Waals surface area contributed by atoms with Crippen molar-refractivity contribution in [2.24, 2.45) is 0 Å². The van der Waals surface area contributed by atoms with E-state index in [4.69, 9.17) is 19.4 Å². The highest BCUT2D eigenvalue weighted by atomic mass is 32.2. The largest absolute Gasteiger partial charge is 0.444 e. The molecule has 0 aromatic carbocycles. The number of fused-ring (bicyclic) bond motifs is 1. The van der Waals surface area contributed by atoms with Crippen molar-refractivity contribution in [2.75, 3.05) is 39.3 Å². The van der Waals surface area contributed by atoms with E-state index in [1.807, 2.05) is 39.8 Å². The van der Waals surface area contributed by atoms with Gasteiger partial charge in [-0.25, -0.2) is 27.5 Å². The Bertz CT molecular complexity index is 1550. The van der Waals surface area contributed by atoms with Crippen molar-refractivity contribution in [3.05, 3.63) is 41.6 Å². The van der Waals surface area contributed by atoms with E-state index >= 15 is 0 Å². The topological polar surface area (TPSA) is 138 Å². The first-order valence-electron chi connectivity index (χ1n) is 13.4. The summed E-state index contributed by atoms with van der Waals surface area (Å²) in [5.41, 5.74) is 3.03. The first-order valence-corrected chi connectivity index (χ1v) is 15.0. The van der Waals surface area contributed by atoms with Crippen molar-refractivity contribution in [3.63, 3.8) is 0 Å². The smallest absolute Gasteiger partial charge is 0.410 e. The van der Waals surface area contributed by atoms with Crippen LogP contribution in [-0.4, -0.2) is 90.6 Å². The normalized spacial score (nSPS) is 16.4. The summed E-state index contributed by atoms with van der Waals surface area (Å²) in [5, 5.41) is 0. The van der Waals surface area contributed by atoms with Crippen LogP contribution in [-0.2, 0) is 36.6 Å². The molecule has 1 aliphatic heterocycles. The summed E-state index contributed by atoms with van der Waals surface area (Å²) in [5.74, 6) is -0.130. The fourth-order valence-corrected chi connectivity index (χ4v) is 5.29.